The zero-order chi connectivity index (χ0) is 14.1. The maximum Gasteiger partial charge on any atom is 0.261 e. The second-order valence-electron chi connectivity index (χ2n) is 4.58. The summed E-state index contributed by atoms with van der Waals surface area (Å²) in [7, 11) is 0. The number of aryl methyl sites for hydroxylation is 1. The summed E-state index contributed by atoms with van der Waals surface area (Å²) in [5.41, 5.74) is 2.21. The molecular weight excluding hydrogens is 292 g/mol. The third-order valence-corrected chi connectivity index (χ3v) is 4.55. The van der Waals surface area contributed by atoms with Gasteiger partial charge in [-0.05, 0) is 25.1 Å². The lowest BCUT2D eigenvalue weighted by Gasteiger charge is -2.29. The first-order chi connectivity index (χ1) is 9.66. The van der Waals surface area contributed by atoms with E-state index in [-0.39, 0.29) is 5.91 Å². The van der Waals surface area contributed by atoms with Crippen LogP contribution in [0.15, 0.2) is 41.4 Å². The number of carbonyl (C=O) groups is 1. The molecule has 0 radical (unpaired) electrons. The first-order valence-corrected chi connectivity index (χ1v) is 7.69. The Balaban J connectivity index is 2.00. The summed E-state index contributed by atoms with van der Waals surface area (Å²) < 4.78 is 0. The van der Waals surface area contributed by atoms with E-state index in [9.17, 15) is 4.79 Å². The first kappa shape index (κ1) is 13.5. The van der Waals surface area contributed by atoms with Crippen molar-refractivity contribution in [2.75, 3.05) is 17.2 Å². The summed E-state index contributed by atoms with van der Waals surface area (Å²) in [4.78, 5) is 19.8. The van der Waals surface area contributed by atoms with Crippen LogP contribution in [-0.2, 0) is 0 Å². The number of nitrogens with zero attached hydrogens (tertiary/aromatic N) is 2. The number of aromatic nitrogens is 1. The number of hydrogen-bond acceptors (Lipinski definition) is 3. The van der Waals surface area contributed by atoms with Crippen LogP contribution in [0.2, 0.25) is 5.02 Å². The van der Waals surface area contributed by atoms with Gasteiger partial charge in [-0.2, -0.15) is 0 Å². The number of hydrogen-bond donors (Lipinski definition) is 0. The molecule has 0 spiro atoms. The van der Waals surface area contributed by atoms with Crippen LogP contribution in [0.25, 0.3) is 0 Å². The van der Waals surface area contributed by atoms with E-state index in [1.807, 2.05) is 31.2 Å². The van der Waals surface area contributed by atoms with Crippen molar-refractivity contribution in [3.05, 3.63) is 52.8 Å². The largest absolute Gasteiger partial charge is 0.306 e. The van der Waals surface area contributed by atoms with Crippen molar-refractivity contribution in [2.45, 2.75) is 11.8 Å². The Bertz CT molecular complexity index is 675. The third kappa shape index (κ3) is 2.41. The zero-order valence-corrected chi connectivity index (χ0v) is 12.5. The average molecular weight is 305 g/mol. The highest BCUT2D eigenvalue weighted by Crippen LogP contribution is 2.35. The van der Waals surface area contributed by atoms with Crippen LogP contribution in [-0.4, -0.2) is 23.2 Å². The lowest BCUT2D eigenvalue weighted by molar-refractivity contribution is 0.0987. The fraction of sp³-hybridized carbons (Fsp3) is 0.200. The van der Waals surface area contributed by atoms with Crippen molar-refractivity contribution >= 4 is 35.0 Å². The molecule has 2 heterocycles. The van der Waals surface area contributed by atoms with E-state index >= 15 is 0 Å². The third-order valence-electron chi connectivity index (χ3n) is 3.19. The number of pyridine rings is 1. The molecule has 1 aliphatic rings. The standard InChI is InChI=1S/C15H13ClN2OS/c1-10-8-12(16)11(9-17-10)15(19)18-6-7-20-14-5-3-2-4-13(14)18/h2-5,8-9H,6-7H2,1H3. The van der Waals surface area contributed by atoms with Gasteiger partial charge >= 0.3 is 0 Å². The van der Waals surface area contributed by atoms with Crippen molar-refractivity contribution < 1.29 is 4.79 Å². The fourth-order valence-corrected chi connectivity index (χ4v) is 3.49. The molecule has 3 rings (SSSR count). The highest BCUT2D eigenvalue weighted by atomic mass is 35.5. The lowest BCUT2D eigenvalue weighted by Crippen LogP contribution is -2.35. The molecular formula is C15H13ClN2OS. The molecule has 3 nitrogen and oxygen atoms in total. The van der Waals surface area contributed by atoms with Gasteiger partial charge in [-0.25, -0.2) is 0 Å². The van der Waals surface area contributed by atoms with Crippen LogP contribution in [0.5, 0.6) is 0 Å². The predicted octanol–water partition coefficient (Wildman–Crippen LogP) is 3.80. The minimum absolute atomic E-state index is 0.0877. The maximum atomic E-state index is 12.7. The quantitative estimate of drug-likeness (QED) is 0.803. The normalized spacial score (nSPS) is 14.0. The second kappa shape index (κ2) is 5.46. The highest BCUT2D eigenvalue weighted by Gasteiger charge is 2.25. The summed E-state index contributed by atoms with van der Waals surface area (Å²) in [6.45, 7) is 2.54. The molecule has 5 heteroatoms. The lowest BCUT2D eigenvalue weighted by atomic mass is 10.2. The molecule has 1 amide bonds. The molecule has 0 saturated heterocycles. The Hall–Kier alpha value is -1.52. The Morgan fingerprint density at radius 3 is 3.00 bits per heavy atom. The van der Waals surface area contributed by atoms with Crippen LogP contribution < -0.4 is 4.90 Å². The van der Waals surface area contributed by atoms with Crippen molar-refractivity contribution in [1.29, 1.82) is 0 Å². The van der Waals surface area contributed by atoms with E-state index in [1.165, 1.54) is 0 Å². The van der Waals surface area contributed by atoms with Crippen molar-refractivity contribution in [2.24, 2.45) is 0 Å². The van der Waals surface area contributed by atoms with Crippen molar-refractivity contribution in [3.8, 4) is 0 Å². The molecule has 1 aromatic carbocycles. The van der Waals surface area contributed by atoms with Gasteiger partial charge in [-0.3, -0.25) is 9.78 Å². The maximum absolute atomic E-state index is 12.7. The predicted molar refractivity (Wildman–Crippen MR) is 82.8 cm³/mol. The fourth-order valence-electron chi connectivity index (χ4n) is 2.21. The number of anilines is 1. The van der Waals surface area contributed by atoms with Gasteiger partial charge in [0, 0.05) is 29.1 Å². The summed E-state index contributed by atoms with van der Waals surface area (Å²) in [5, 5.41) is 0.457. The van der Waals surface area contributed by atoms with Gasteiger partial charge in [-0.1, -0.05) is 23.7 Å². The Kier molecular flexibility index (Phi) is 3.68. The number of para-hydroxylation sites is 1. The number of halogens is 1. The molecule has 0 fully saturated rings. The molecule has 0 aliphatic carbocycles. The van der Waals surface area contributed by atoms with Crippen LogP contribution in [0, 0.1) is 6.92 Å². The molecule has 2 aromatic rings. The topological polar surface area (TPSA) is 33.2 Å². The van der Waals surface area contributed by atoms with Gasteiger partial charge < -0.3 is 4.90 Å². The summed E-state index contributed by atoms with van der Waals surface area (Å²) in [5.74, 6) is 0.801. The van der Waals surface area contributed by atoms with Gasteiger partial charge in [0.25, 0.3) is 5.91 Å². The van der Waals surface area contributed by atoms with Crippen LogP contribution in [0.3, 0.4) is 0 Å². The van der Waals surface area contributed by atoms with E-state index < -0.39 is 0 Å². The first-order valence-electron chi connectivity index (χ1n) is 6.32. The highest BCUT2D eigenvalue weighted by molar-refractivity contribution is 7.99. The number of thioether (sulfide) groups is 1. The van der Waals surface area contributed by atoms with Crippen molar-refractivity contribution in [1.82, 2.24) is 4.98 Å². The average Bonchev–Trinajstić information content (AvgIpc) is 2.46. The number of fused-ring (bicyclic) bond motifs is 1. The monoisotopic (exact) mass is 304 g/mol. The SMILES string of the molecule is Cc1cc(Cl)c(C(=O)N2CCSc3ccccc32)cn1. The molecule has 0 atom stereocenters. The number of amides is 1. The van der Waals surface area contributed by atoms with E-state index in [0.717, 1.165) is 22.0 Å². The second-order valence-corrected chi connectivity index (χ2v) is 6.12. The van der Waals surface area contributed by atoms with E-state index in [4.69, 9.17) is 11.6 Å². The van der Waals surface area contributed by atoms with E-state index in [2.05, 4.69) is 4.98 Å². The molecule has 1 aliphatic heterocycles. The van der Waals surface area contributed by atoms with Gasteiger partial charge in [0.15, 0.2) is 0 Å². The van der Waals surface area contributed by atoms with Gasteiger partial charge in [0.1, 0.15) is 0 Å². The molecule has 0 bridgehead atoms. The Morgan fingerprint density at radius 1 is 1.40 bits per heavy atom. The van der Waals surface area contributed by atoms with Crippen molar-refractivity contribution in [3.63, 3.8) is 0 Å². The van der Waals surface area contributed by atoms with Crippen LogP contribution >= 0.6 is 23.4 Å². The molecule has 1 aromatic heterocycles. The van der Waals surface area contributed by atoms with E-state index in [0.29, 0.717) is 17.1 Å². The molecule has 102 valence electrons. The molecule has 0 N–H and O–H groups in total. The van der Waals surface area contributed by atoms with Gasteiger partial charge in [0.05, 0.1) is 16.3 Å². The summed E-state index contributed by atoms with van der Waals surface area (Å²) >= 11 is 7.95. The Labute approximate surface area is 127 Å². The minimum Gasteiger partial charge on any atom is -0.306 e. The van der Waals surface area contributed by atoms with Crippen LogP contribution in [0.4, 0.5) is 5.69 Å². The molecule has 0 saturated carbocycles. The Morgan fingerprint density at radius 2 is 2.20 bits per heavy atom. The van der Waals surface area contributed by atoms with Crippen LogP contribution in [0.1, 0.15) is 16.1 Å². The smallest absolute Gasteiger partial charge is 0.261 e. The minimum atomic E-state index is -0.0877. The van der Waals surface area contributed by atoms with Gasteiger partial charge in [0.2, 0.25) is 0 Å². The number of benzene rings is 1. The summed E-state index contributed by atoms with van der Waals surface area (Å²) in [6.07, 6.45) is 1.56. The molecule has 0 unspecified atom stereocenters. The number of carbonyl (C=O) groups excluding carboxylic acids is 1. The number of rotatable bonds is 1. The summed E-state index contributed by atoms with van der Waals surface area (Å²) in [6, 6.07) is 9.66. The van der Waals surface area contributed by atoms with Gasteiger partial charge in [-0.15, -0.1) is 11.8 Å². The zero-order valence-electron chi connectivity index (χ0n) is 11.0. The van der Waals surface area contributed by atoms with E-state index in [1.54, 1.807) is 28.9 Å². The molecule has 20 heavy (non-hydrogen) atoms.